The highest BCUT2D eigenvalue weighted by atomic mass is 16.5. The van der Waals surface area contributed by atoms with E-state index in [2.05, 4.69) is 31.3 Å². The smallest absolute Gasteiger partial charge is 0.305 e. The minimum atomic E-state index is -0.851. The number of hydrogen-bond donors (Lipinski definition) is 3. The second-order valence-electron chi connectivity index (χ2n) is 26.3. The van der Waals surface area contributed by atoms with Crippen molar-refractivity contribution >= 4 is 11.9 Å². The number of hydrogen-bond acceptors (Lipinski definition) is 5. The first kappa shape index (κ1) is 81.3. The lowest BCUT2D eigenvalue weighted by Gasteiger charge is -2.20. The predicted octanol–water partition coefficient (Wildman–Crippen LogP) is 24.9. The summed E-state index contributed by atoms with van der Waals surface area (Å²) in [6.07, 6.45) is 92.8. The van der Waals surface area contributed by atoms with Crippen LogP contribution in [-0.2, 0) is 14.3 Å². The Bertz CT molecular complexity index is 1300. The highest BCUT2D eigenvalue weighted by molar-refractivity contribution is 5.76. The number of esters is 1. The van der Waals surface area contributed by atoms with Gasteiger partial charge in [-0.25, -0.2) is 0 Å². The van der Waals surface area contributed by atoms with Gasteiger partial charge in [0, 0.05) is 12.8 Å². The van der Waals surface area contributed by atoms with E-state index < -0.39 is 12.1 Å². The van der Waals surface area contributed by atoms with Crippen LogP contribution in [0.25, 0.3) is 0 Å². The molecule has 0 spiro atoms. The van der Waals surface area contributed by atoms with Crippen LogP contribution in [0, 0.1) is 0 Å². The third kappa shape index (κ3) is 69.3. The molecule has 0 fully saturated rings. The van der Waals surface area contributed by atoms with E-state index >= 15 is 0 Å². The normalized spacial score (nSPS) is 12.6. The van der Waals surface area contributed by atoms with Crippen molar-refractivity contribution in [1.82, 2.24) is 5.32 Å². The minimum absolute atomic E-state index is 0.0154. The fraction of sp³-hybridized carbons (Fsp3) is 0.922. The molecule has 3 N–H and O–H groups in total. The Hall–Kier alpha value is -1.66. The number of nitrogens with one attached hydrogen (secondary N) is 1. The van der Waals surface area contributed by atoms with Gasteiger partial charge < -0.3 is 20.3 Å². The number of carbonyl (C=O) groups is 2. The lowest BCUT2D eigenvalue weighted by atomic mass is 10.0. The Balaban J connectivity index is 3.42. The molecule has 83 heavy (non-hydrogen) atoms. The number of allylic oxidation sites excluding steroid dienone is 3. The zero-order chi connectivity index (χ0) is 59.9. The maximum absolute atomic E-state index is 12.5. The summed E-state index contributed by atoms with van der Waals surface area (Å²) in [5.74, 6) is -0.0546. The summed E-state index contributed by atoms with van der Waals surface area (Å²) in [4.78, 5) is 24.7. The second kappa shape index (κ2) is 72.8. The summed E-state index contributed by atoms with van der Waals surface area (Å²) in [7, 11) is 0. The van der Waals surface area contributed by atoms with Crippen molar-refractivity contribution in [3.63, 3.8) is 0 Å². The monoisotopic (exact) mass is 1170 g/mol. The minimum Gasteiger partial charge on any atom is -0.466 e. The van der Waals surface area contributed by atoms with Crippen molar-refractivity contribution in [3.8, 4) is 0 Å². The number of amides is 1. The third-order valence-electron chi connectivity index (χ3n) is 18.0. The van der Waals surface area contributed by atoms with E-state index in [1.807, 2.05) is 6.08 Å². The molecule has 0 aromatic rings. The first-order valence-electron chi connectivity index (χ1n) is 38.1. The topological polar surface area (TPSA) is 95.9 Å². The van der Waals surface area contributed by atoms with Crippen molar-refractivity contribution in [2.45, 2.75) is 443 Å². The number of unbranched alkanes of at least 4 members (excludes halogenated alkanes) is 59. The quantitative estimate of drug-likeness (QED) is 0.0320. The van der Waals surface area contributed by atoms with Gasteiger partial charge in [-0.15, -0.1) is 0 Å². The SMILES string of the molecule is CCCCCCCCCCCCCCCCCCCCCCCCC/C=C/C(O)C(CO)NC(=O)CCCCCCCCC/C=C\CCCCCCCCCCCCCOC(=O)CCCCCCCCCCCCCCCCCCCCC. The van der Waals surface area contributed by atoms with Crippen LogP contribution in [0.15, 0.2) is 24.3 Å². The number of ether oxygens (including phenoxy) is 1. The Morgan fingerprint density at radius 1 is 0.325 bits per heavy atom. The molecule has 0 heterocycles. The number of aliphatic hydroxyl groups is 2. The van der Waals surface area contributed by atoms with Crippen LogP contribution >= 0.6 is 0 Å². The number of carbonyl (C=O) groups excluding carboxylic acids is 2. The average Bonchev–Trinajstić information content (AvgIpc) is 3.49. The molecule has 0 aromatic heterocycles. The molecule has 1 amide bonds. The van der Waals surface area contributed by atoms with Gasteiger partial charge in [0.25, 0.3) is 0 Å². The fourth-order valence-corrected chi connectivity index (χ4v) is 12.2. The van der Waals surface area contributed by atoms with Gasteiger partial charge in [0.15, 0.2) is 0 Å². The lowest BCUT2D eigenvalue weighted by molar-refractivity contribution is -0.143. The summed E-state index contributed by atoms with van der Waals surface area (Å²) < 4.78 is 5.51. The Kier molecular flexibility index (Phi) is 71.4. The van der Waals surface area contributed by atoms with Crippen LogP contribution in [0.3, 0.4) is 0 Å². The molecule has 6 heteroatoms. The molecule has 2 unspecified atom stereocenters. The molecule has 0 bridgehead atoms. The van der Waals surface area contributed by atoms with Crippen LogP contribution < -0.4 is 5.32 Å². The van der Waals surface area contributed by atoms with Crippen molar-refractivity contribution in [2.24, 2.45) is 0 Å². The van der Waals surface area contributed by atoms with Gasteiger partial charge in [-0.3, -0.25) is 9.59 Å². The molecule has 0 aromatic carbocycles. The van der Waals surface area contributed by atoms with Gasteiger partial charge in [0.05, 0.1) is 25.4 Å². The molecule has 0 aliphatic carbocycles. The van der Waals surface area contributed by atoms with E-state index in [9.17, 15) is 19.8 Å². The number of rotatable bonds is 72. The van der Waals surface area contributed by atoms with Crippen LogP contribution in [0.4, 0.5) is 0 Å². The summed E-state index contributed by atoms with van der Waals surface area (Å²) in [6, 6.07) is -0.635. The largest absolute Gasteiger partial charge is 0.466 e. The highest BCUT2D eigenvalue weighted by Gasteiger charge is 2.18. The molecule has 0 saturated heterocycles. The van der Waals surface area contributed by atoms with Gasteiger partial charge in [0.2, 0.25) is 5.91 Å². The van der Waals surface area contributed by atoms with Crippen molar-refractivity contribution < 1.29 is 24.5 Å². The van der Waals surface area contributed by atoms with Gasteiger partial charge in [0.1, 0.15) is 0 Å². The third-order valence-corrected chi connectivity index (χ3v) is 18.0. The van der Waals surface area contributed by atoms with E-state index in [0.717, 1.165) is 44.9 Å². The Morgan fingerprint density at radius 3 is 0.855 bits per heavy atom. The molecular weight excluding hydrogens is 1020 g/mol. The number of aliphatic hydroxyl groups excluding tert-OH is 2. The lowest BCUT2D eigenvalue weighted by Crippen LogP contribution is -2.45. The molecule has 0 aliphatic rings. The van der Waals surface area contributed by atoms with E-state index in [-0.39, 0.29) is 18.5 Å². The summed E-state index contributed by atoms with van der Waals surface area (Å²) in [5.41, 5.74) is 0. The van der Waals surface area contributed by atoms with Gasteiger partial charge in [-0.2, -0.15) is 0 Å². The zero-order valence-electron chi connectivity index (χ0n) is 56.5. The average molecular weight is 1170 g/mol. The van der Waals surface area contributed by atoms with Gasteiger partial charge in [-0.1, -0.05) is 385 Å². The van der Waals surface area contributed by atoms with Crippen molar-refractivity contribution in [1.29, 1.82) is 0 Å². The van der Waals surface area contributed by atoms with Crippen LogP contribution in [-0.4, -0.2) is 47.4 Å². The van der Waals surface area contributed by atoms with Crippen molar-refractivity contribution in [2.75, 3.05) is 13.2 Å². The molecule has 2 atom stereocenters. The predicted molar refractivity (Wildman–Crippen MR) is 366 cm³/mol. The van der Waals surface area contributed by atoms with Crippen LogP contribution in [0.5, 0.6) is 0 Å². The standard InChI is InChI=1S/C77H149NO5/c1-3-5-7-9-11-13-15-17-19-21-23-24-25-26-27-30-34-37-41-45-49-53-57-61-65-69-75(80)74(73-79)78-76(81)70-66-62-58-54-50-46-42-38-35-31-28-29-32-36-40-44-48-52-56-60-64-68-72-83-77(82)71-67-63-59-55-51-47-43-39-33-22-20-18-16-14-12-10-8-6-4-2/h31,35,65,69,74-75,79-80H,3-30,32-34,36-64,66-68,70-73H2,1-2H3,(H,78,81)/b35-31-,69-65+. The molecule has 0 rings (SSSR count). The van der Waals surface area contributed by atoms with E-state index in [1.165, 1.54) is 360 Å². The second-order valence-corrected chi connectivity index (χ2v) is 26.3. The van der Waals surface area contributed by atoms with Crippen molar-refractivity contribution in [3.05, 3.63) is 24.3 Å². The van der Waals surface area contributed by atoms with Crippen LogP contribution in [0.2, 0.25) is 0 Å². The van der Waals surface area contributed by atoms with Crippen LogP contribution in [0.1, 0.15) is 431 Å². The first-order chi connectivity index (χ1) is 41.0. The Labute approximate surface area is 520 Å². The maximum atomic E-state index is 12.5. The molecule has 6 nitrogen and oxygen atoms in total. The molecule has 492 valence electrons. The Morgan fingerprint density at radius 2 is 0.566 bits per heavy atom. The molecule has 0 radical (unpaired) electrons. The summed E-state index contributed by atoms with van der Waals surface area (Å²) in [5, 5.41) is 23.3. The zero-order valence-corrected chi connectivity index (χ0v) is 56.5. The van der Waals surface area contributed by atoms with Gasteiger partial charge >= 0.3 is 5.97 Å². The first-order valence-corrected chi connectivity index (χ1v) is 38.1. The molecule has 0 aliphatic heterocycles. The highest BCUT2D eigenvalue weighted by Crippen LogP contribution is 2.19. The maximum Gasteiger partial charge on any atom is 0.305 e. The van der Waals surface area contributed by atoms with E-state index in [4.69, 9.17) is 4.74 Å². The summed E-state index contributed by atoms with van der Waals surface area (Å²) in [6.45, 7) is 4.95. The molecule has 0 saturated carbocycles. The summed E-state index contributed by atoms with van der Waals surface area (Å²) >= 11 is 0. The fourth-order valence-electron chi connectivity index (χ4n) is 12.2. The van der Waals surface area contributed by atoms with E-state index in [1.54, 1.807) is 6.08 Å². The molecular formula is C77H149NO5. The van der Waals surface area contributed by atoms with E-state index in [0.29, 0.717) is 19.4 Å². The van der Waals surface area contributed by atoms with Gasteiger partial charge in [-0.05, 0) is 57.8 Å².